The normalized spacial score (nSPS) is 14.2. The first-order chi connectivity index (χ1) is 17.7. The number of halogens is 2. The third-order valence-electron chi connectivity index (χ3n) is 6.08. The minimum Gasteiger partial charge on any atom is -0.497 e. The topological polar surface area (TPSA) is 81.7 Å². The van der Waals surface area contributed by atoms with E-state index in [1.165, 1.54) is 19.2 Å². The number of hydrogen-bond donors (Lipinski definition) is 1. The molecule has 37 heavy (non-hydrogen) atoms. The van der Waals surface area contributed by atoms with E-state index in [-0.39, 0.29) is 10.9 Å². The van der Waals surface area contributed by atoms with Crippen molar-refractivity contribution in [2.75, 3.05) is 12.4 Å². The van der Waals surface area contributed by atoms with Crippen molar-refractivity contribution < 1.29 is 23.9 Å². The highest BCUT2D eigenvalue weighted by molar-refractivity contribution is 9.11. The Bertz CT molecular complexity index is 999. The van der Waals surface area contributed by atoms with Crippen molar-refractivity contribution in [1.29, 1.82) is 0 Å². The van der Waals surface area contributed by atoms with E-state index in [4.69, 9.17) is 21.1 Å². The van der Waals surface area contributed by atoms with Crippen LogP contribution in [0.1, 0.15) is 75.6 Å². The van der Waals surface area contributed by atoms with Gasteiger partial charge >= 0.3 is 5.97 Å². The predicted octanol–water partition coefficient (Wildman–Crippen LogP) is 7.33. The number of ketones is 1. The number of methoxy groups -OCH3 is 1. The second-order valence-corrected chi connectivity index (χ2v) is 11.1. The number of nitrogens with one attached hydrogen (secondary N) is 1. The van der Waals surface area contributed by atoms with Gasteiger partial charge in [0.1, 0.15) is 11.9 Å². The molecule has 0 fully saturated rings. The van der Waals surface area contributed by atoms with Crippen LogP contribution in [0.15, 0.2) is 54.6 Å². The maximum atomic E-state index is 13.6. The molecular formula is C29H37BrClNO5. The quantitative estimate of drug-likeness (QED) is 0.0723. The molecule has 3 atom stereocenters. The number of Topliss-reactive ketones (excluding diaryl/α,β-unsaturated/α-hetero) is 1. The summed E-state index contributed by atoms with van der Waals surface area (Å²) >= 11 is 9.40. The highest BCUT2D eigenvalue weighted by Gasteiger charge is 2.53. The third-order valence-corrected chi connectivity index (χ3v) is 7.34. The van der Waals surface area contributed by atoms with Gasteiger partial charge in [0.05, 0.1) is 7.11 Å². The molecule has 0 aromatic heterocycles. The largest absolute Gasteiger partial charge is 0.497 e. The number of esters is 1. The molecule has 0 saturated heterocycles. The van der Waals surface area contributed by atoms with Gasteiger partial charge < -0.3 is 14.8 Å². The lowest BCUT2D eigenvalue weighted by Gasteiger charge is -2.27. The molecule has 8 heteroatoms. The molecule has 2 aromatic rings. The van der Waals surface area contributed by atoms with Crippen LogP contribution >= 0.6 is 27.5 Å². The SMILES string of the molecule is CCCCCCCC(CCC(C)Cl)OC(=O)C(Br)(C(=O)Nc1ccccc1)C(=O)c1ccc(OC)cc1. The van der Waals surface area contributed by atoms with E-state index < -0.39 is 28.1 Å². The standard InChI is InChI=1S/C29H37BrClNO5/c1-4-5-6-7-11-14-25(18-15-21(2)31)37-28(35)29(30,27(34)32-23-12-9-8-10-13-23)26(33)22-16-19-24(36-3)20-17-22/h8-10,12-13,16-17,19-21,25H,4-7,11,14-15,18H2,1-3H3,(H,32,34). The molecular weight excluding hydrogens is 558 g/mol. The van der Waals surface area contributed by atoms with E-state index in [0.29, 0.717) is 30.7 Å². The van der Waals surface area contributed by atoms with Crippen molar-refractivity contribution in [3.63, 3.8) is 0 Å². The van der Waals surface area contributed by atoms with Crippen LogP contribution in [0.4, 0.5) is 5.69 Å². The highest BCUT2D eigenvalue weighted by atomic mass is 79.9. The van der Waals surface area contributed by atoms with Crippen molar-refractivity contribution in [3.8, 4) is 5.75 Å². The van der Waals surface area contributed by atoms with Crippen molar-refractivity contribution in [3.05, 3.63) is 60.2 Å². The lowest BCUT2D eigenvalue weighted by Crippen LogP contribution is -2.52. The number of para-hydroxylation sites is 1. The van der Waals surface area contributed by atoms with Crippen LogP contribution in [0.3, 0.4) is 0 Å². The summed E-state index contributed by atoms with van der Waals surface area (Å²) in [5.41, 5.74) is 0.624. The molecule has 0 radical (unpaired) electrons. The van der Waals surface area contributed by atoms with Gasteiger partial charge in [-0.15, -0.1) is 11.6 Å². The van der Waals surface area contributed by atoms with E-state index in [0.717, 1.165) is 32.1 Å². The molecule has 2 aromatic carbocycles. The number of hydrogen-bond acceptors (Lipinski definition) is 5. The summed E-state index contributed by atoms with van der Waals surface area (Å²) in [7, 11) is 1.51. The fourth-order valence-corrected chi connectivity index (χ4v) is 4.40. The maximum absolute atomic E-state index is 13.6. The second kappa shape index (κ2) is 15.8. The Kier molecular flexibility index (Phi) is 13.1. The molecule has 0 spiro atoms. The first-order valence-electron chi connectivity index (χ1n) is 12.8. The van der Waals surface area contributed by atoms with Crippen LogP contribution < -0.4 is 10.1 Å². The van der Waals surface area contributed by atoms with Gasteiger partial charge in [0.25, 0.3) is 10.2 Å². The number of benzene rings is 2. The van der Waals surface area contributed by atoms with Crippen molar-refractivity contribution in [2.45, 2.75) is 81.0 Å². The summed E-state index contributed by atoms with van der Waals surface area (Å²) in [5.74, 6) is -1.94. The van der Waals surface area contributed by atoms with Crippen LogP contribution in [-0.2, 0) is 14.3 Å². The first kappa shape index (κ1) is 30.8. The average Bonchev–Trinajstić information content (AvgIpc) is 2.90. The van der Waals surface area contributed by atoms with E-state index in [2.05, 4.69) is 28.2 Å². The van der Waals surface area contributed by atoms with Crippen LogP contribution in [0.5, 0.6) is 5.75 Å². The Morgan fingerprint density at radius 1 is 0.946 bits per heavy atom. The zero-order valence-corrected chi connectivity index (χ0v) is 24.1. The summed E-state index contributed by atoms with van der Waals surface area (Å²) in [5, 5.41) is 2.59. The second-order valence-electron chi connectivity index (χ2n) is 9.12. The molecule has 0 saturated carbocycles. The maximum Gasteiger partial charge on any atom is 0.341 e. The molecule has 0 aliphatic heterocycles. The number of carbonyl (C=O) groups excluding carboxylic acids is 3. The zero-order chi connectivity index (χ0) is 27.3. The van der Waals surface area contributed by atoms with Gasteiger partial charge in [-0.05, 0) is 69.0 Å². The number of anilines is 1. The molecule has 6 nitrogen and oxygen atoms in total. The van der Waals surface area contributed by atoms with Gasteiger partial charge in [-0.1, -0.05) is 66.7 Å². The number of ether oxygens (including phenoxy) is 2. The fourth-order valence-electron chi connectivity index (χ4n) is 3.85. The van der Waals surface area contributed by atoms with Gasteiger partial charge in [0.15, 0.2) is 0 Å². The predicted molar refractivity (Wildman–Crippen MR) is 152 cm³/mol. The molecule has 0 bridgehead atoms. The Labute approximate surface area is 233 Å². The van der Waals surface area contributed by atoms with Gasteiger partial charge in [0, 0.05) is 16.6 Å². The Balaban J connectivity index is 2.31. The lowest BCUT2D eigenvalue weighted by molar-refractivity contribution is -0.152. The van der Waals surface area contributed by atoms with Crippen molar-refractivity contribution in [2.24, 2.45) is 0 Å². The summed E-state index contributed by atoms with van der Waals surface area (Å²) in [6.45, 7) is 4.04. The Morgan fingerprint density at radius 3 is 2.19 bits per heavy atom. The number of carbonyl (C=O) groups is 3. The number of amides is 1. The lowest BCUT2D eigenvalue weighted by atomic mass is 9.95. The van der Waals surface area contributed by atoms with Gasteiger partial charge in [-0.2, -0.15) is 0 Å². The zero-order valence-electron chi connectivity index (χ0n) is 21.8. The van der Waals surface area contributed by atoms with Crippen LogP contribution in [0.2, 0.25) is 0 Å². The van der Waals surface area contributed by atoms with Crippen LogP contribution in [-0.4, -0.2) is 40.6 Å². The minimum absolute atomic E-state index is 0.0858. The molecule has 202 valence electrons. The minimum atomic E-state index is -2.27. The Morgan fingerprint density at radius 2 is 1.59 bits per heavy atom. The molecule has 3 unspecified atom stereocenters. The molecule has 1 amide bonds. The van der Waals surface area contributed by atoms with Gasteiger partial charge in [0.2, 0.25) is 5.78 Å². The molecule has 0 aliphatic carbocycles. The fraction of sp³-hybridized carbons (Fsp3) is 0.483. The Hall–Kier alpha value is -2.38. The summed E-state index contributed by atoms with van der Waals surface area (Å²) < 4.78 is 8.76. The molecule has 0 aliphatic rings. The monoisotopic (exact) mass is 593 g/mol. The van der Waals surface area contributed by atoms with Crippen molar-refractivity contribution in [1.82, 2.24) is 0 Å². The van der Waals surface area contributed by atoms with Crippen LogP contribution in [0.25, 0.3) is 0 Å². The number of rotatable bonds is 16. The highest BCUT2D eigenvalue weighted by Crippen LogP contribution is 2.30. The van der Waals surface area contributed by atoms with E-state index >= 15 is 0 Å². The number of unbranched alkanes of at least 4 members (excludes halogenated alkanes) is 4. The molecule has 2 rings (SSSR count). The summed E-state index contributed by atoms with van der Waals surface area (Å²) in [4.78, 5) is 40.7. The average molecular weight is 595 g/mol. The van der Waals surface area contributed by atoms with E-state index in [1.54, 1.807) is 42.5 Å². The summed E-state index contributed by atoms with van der Waals surface area (Å²) in [6.07, 6.45) is 6.68. The smallest absolute Gasteiger partial charge is 0.341 e. The van der Waals surface area contributed by atoms with Crippen molar-refractivity contribution >= 4 is 50.9 Å². The van der Waals surface area contributed by atoms with E-state index in [1.807, 2.05) is 6.92 Å². The van der Waals surface area contributed by atoms with Crippen LogP contribution in [0, 0.1) is 0 Å². The number of alkyl halides is 2. The van der Waals surface area contributed by atoms with E-state index in [9.17, 15) is 14.4 Å². The third kappa shape index (κ3) is 9.46. The van der Waals surface area contributed by atoms with Gasteiger partial charge in [-0.3, -0.25) is 9.59 Å². The van der Waals surface area contributed by atoms with Gasteiger partial charge in [-0.25, -0.2) is 4.79 Å². The first-order valence-corrected chi connectivity index (χ1v) is 14.0. The molecule has 1 N–H and O–H groups in total. The molecule has 0 heterocycles. The summed E-state index contributed by atoms with van der Waals surface area (Å²) in [6, 6.07) is 14.9.